The van der Waals surface area contributed by atoms with Crippen LogP contribution >= 0.6 is 11.6 Å². The molecular formula is C11H13ClF2O. The number of aliphatic hydroxyl groups is 1. The molecule has 1 rings (SSSR count). The summed E-state index contributed by atoms with van der Waals surface area (Å²) in [6.45, 7) is 3.40. The molecule has 0 bridgehead atoms. The van der Waals surface area contributed by atoms with Crippen molar-refractivity contribution < 1.29 is 13.9 Å². The molecule has 4 heteroatoms. The molecule has 1 N–H and O–H groups in total. The Morgan fingerprint density at radius 3 is 2.33 bits per heavy atom. The van der Waals surface area contributed by atoms with Gasteiger partial charge in [-0.05, 0) is 24.0 Å². The van der Waals surface area contributed by atoms with Crippen LogP contribution in [0.15, 0.2) is 12.1 Å². The van der Waals surface area contributed by atoms with Crippen LogP contribution in [0.3, 0.4) is 0 Å². The van der Waals surface area contributed by atoms with Crippen LogP contribution in [0.2, 0.25) is 5.02 Å². The van der Waals surface area contributed by atoms with Gasteiger partial charge in [-0.25, -0.2) is 8.78 Å². The van der Waals surface area contributed by atoms with E-state index in [4.69, 9.17) is 16.7 Å². The van der Waals surface area contributed by atoms with Crippen molar-refractivity contribution in [3.63, 3.8) is 0 Å². The van der Waals surface area contributed by atoms with Crippen LogP contribution in [0.25, 0.3) is 0 Å². The van der Waals surface area contributed by atoms with Gasteiger partial charge < -0.3 is 5.11 Å². The van der Waals surface area contributed by atoms with E-state index < -0.39 is 17.0 Å². The Labute approximate surface area is 92.7 Å². The highest BCUT2D eigenvalue weighted by atomic mass is 35.5. The van der Waals surface area contributed by atoms with Crippen molar-refractivity contribution in [3.8, 4) is 0 Å². The van der Waals surface area contributed by atoms with E-state index in [1.807, 2.05) is 0 Å². The van der Waals surface area contributed by atoms with Crippen LogP contribution in [0.4, 0.5) is 8.78 Å². The van der Waals surface area contributed by atoms with Crippen LogP contribution < -0.4 is 0 Å². The first-order valence-corrected chi connectivity index (χ1v) is 4.98. The van der Waals surface area contributed by atoms with E-state index in [9.17, 15) is 8.78 Å². The van der Waals surface area contributed by atoms with E-state index in [0.29, 0.717) is 0 Å². The number of rotatable bonds is 3. The van der Waals surface area contributed by atoms with Gasteiger partial charge in [0.1, 0.15) is 11.6 Å². The van der Waals surface area contributed by atoms with Gasteiger partial charge in [0.2, 0.25) is 0 Å². The van der Waals surface area contributed by atoms with Gasteiger partial charge in [0, 0.05) is 12.2 Å². The molecule has 0 aliphatic carbocycles. The fourth-order valence-electron chi connectivity index (χ4n) is 1.27. The van der Waals surface area contributed by atoms with Crippen molar-refractivity contribution >= 4 is 11.6 Å². The molecule has 0 fully saturated rings. The third-order valence-electron chi connectivity index (χ3n) is 2.22. The van der Waals surface area contributed by atoms with Crippen molar-refractivity contribution in [3.05, 3.63) is 34.4 Å². The summed E-state index contributed by atoms with van der Waals surface area (Å²) >= 11 is 5.66. The molecule has 0 spiro atoms. The molecule has 84 valence electrons. The summed E-state index contributed by atoms with van der Waals surface area (Å²) in [4.78, 5) is 0. The van der Waals surface area contributed by atoms with E-state index in [0.717, 1.165) is 12.1 Å². The second kappa shape index (κ2) is 4.45. The zero-order valence-electron chi connectivity index (χ0n) is 8.65. The van der Waals surface area contributed by atoms with Gasteiger partial charge in [-0.15, -0.1) is 0 Å². The van der Waals surface area contributed by atoms with Gasteiger partial charge in [0.15, 0.2) is 0 Å². The van der Waals surface area contributed by atoms with Crippen molar-refractivity contribution in [2.75, 3.05) is 6.61 Å². The monoisotopic (exact) mass is 234 g/mol. The highest BCUT2D eigenvalue weighted by Gasteiger charge is 2.22. The van der Waals surface area contributed by atoms with E-state index >= 15 is 0 Å². The SMILES string of the molecule is CC(C)(CO)Cc1c(F)ccc(F)c1Cl. The predicted molar refractivity (Wildman–Crippen MR) is 55.9 cm³/mol. The highest BCUT2D eigenvalue weighted by Crippen LogP contribution is 2.29. The number of hydrogen-bond acceptors (Lipinski definition) is 1. The Morgan fingerprint density at radius 1 is 1.27 bits per heavy atom. The van der Waals surface area contributed by atoms with Gasteiger partial charge in [0.05, 0.1) is 5.02 Å². The van der Waals surface area contributed by atoms with Crippen molar-refractivity contribution in [1.29, 1.82) is 0 Å². The average Bonchev–Trinajstić information content (AvgIpc) is 2.19. The maximum atomic E-state index is 13.4. The van der Waals surface area contributed by atoms with Gasteiger partial charge in [-0.1, -0.05) is 25.4 Å². The lowest BCUT2D eigenvalue weighted by Crippen LogP contribution is -2.20. The van der Waals surface area contributed by atoms with E-state index in [1.165, 1.54) is 0 Å². The lowest BCUT2D eigenvalue weighted by atomic mass is 9.86. The standard InChI is InChI=1S/C11H13ClF2O/c1-11(2,6-15)5-7-8(13)3-4-9(14)10(7)12/h3-4,15H,5-6H2,1-2H3. The maximum absolute atomic E-state index is 13.4. The minimum absolute atomic E-state index is 0.112. The Kier molecular flexibility index (Phi) is 3.68. The molecule has 1 nitrogen and oxygen atoms in total. The lowest BCUT2D eigenvalue weighted by Gasteiger charge is -2.22. The highest BCUT2D eigenvalue weighted by molar-refractivity contribution is 6.31. The average molecular weight is 235 g/mol. The molecule has 15 heavy (non-hydrogen) atoms. The second-order valence-electron chi connectivity index (χ2n) is 4.32. The Bertz CT molecular complexity index is 364. The molecule has 0 aliphatic rings. The third-order valence-corrected chi connectivity index (χ3v) is 2.63. The molecule has 0 aromatic heterocycles. The number of hydrogen-bond donors (Lipinski definition) is 1. The first-order chi connectivity index (χ1) is 6.87. The first-order valence-electron chi connectivity index (χ1n) is 4.60. The molecule has 0 saturated heterocycles. The summed E-state index contributed by atoms with van der Waals surface area (Å²) in [7, 11) is 0. The predicted octanol–water partition coefficient (Wildman–Crippen LogP) is 3.18. The van der Waals surface area contributed by atoms with Crippen LogP contribution in [0, 0.1) is 17.0 Å². The maximum Gasteiger partial charge on any atom is 0.142 e. The second-order valence-corrected chi connectivity index (χ2v) is 4.70. The molecule has 0 heterocycles. The van der Waals surface area contributed by atoms with E-state index in [2.05, 4.69) is 0 Å². The van der Waals surface area contributed by atoms with Crippen molar-refractivity contribution in [1.82, 2.24) is 0 Å². The molecule has 0 radical (unpaired) electrons. The zero-order valence-corrected chi connectivity index (χ0v) is 9.41. The molecular weight excluding hydrogens is 222 g/mol. The minimum atomic E-state index is -0.637. The van der Waals surface area contributed by atoms with Gasteiger partial charge in [-0.3, -0.25) is 0 Å². The fourth-order valence-corrected chi connectivity index (χ4v) is 1.49. The Balaban J connectivity index is 3.09. The van der Waals surface area contributed by atoms with Crippen LogP contribution in [-0.4, -0.2) is 11.7 Å². The summed E-state index contributed by atoms with van der Waals surface area (Å²) in [6, 6.07) is 2.04. The summed E-state index contributed by atoms with van der Waals surface area (Å²) in [5.41, 5.74) is -0.395. The normalized spacial score (nSPS) is 11.9. The van der Waals surface area contributed by atoms with E-state index in [1.54, 1.807) is 13.8 Å². The minimum Gasteiger partial charge on any atom is -0.396 e. The molecule has 1 aromatic rings. The van der Waals surface area contributed by atoms with Gasteiger partial charge in [0.25, 0.3) is 0 Å². The van der Waals surface area contributed by atoms with Gasteiger partial charge >= 0.3 is 0 Å². The lowest BCUT2D eigenvalue weighted by molar-refractivity contribution is 0.158. The third kappa shape index (κ3) is 2.89. The molecule has 1 aromatic carbocycles. The molecule has 0 unspecified atom stereocenters. The molecule has 0 aliphatic heterocycles. The Morgan fingerprint density at radius 2 is 1.80 bits per heavy atom. The Hall–Kier alpha value is -0.670. The number of benzene rings is 1. The van der Waals surface area contributed by atoms with E-state index in [-0.39, 0.29) is 23.6 Å². The number of halogens is 3. The summed E-state index contributed by atoms with van der Waals surface area (Å²) in [6.07, 6.45) is 0.200. The van der Waals surface area contributed by atoms with Crippen LogP contribution in [0.1, 0.15) is 19.4 Å². The van der Waals surface area contributed by atoms with Crippen LogP contribution in [0.5, 0.6) is 0 Å². The molecule has 0 amide bonds. The summed E-state index contributed by atoms with van der Waals surface area (Å²) in [5, 5.41) is 8.85. The summed E-state index contributed by atoms with van der Waals surface area (Å²) < 4.78 is 26.4. The summed E-state index contributed by atoms with van der Waals surface area (Å²) in [5.74, 6) is -1.18. The van der Waals surface area contributed by atoms with Crippen molar-refractivity contribution in [2.24, 2.45) is 5.41 Å². The quantitative estimate of drug-likeness (QED) is 0.797. The fraction of sp³-hybridized carbons (Fsp3) is 0.455. The van der Waals surface area contributed by atoms with Gasteiger partial charge in [-0.2, -0.15) is 0 Å². The molecule has 0 atom stereocenters. The number of aliphatic hydroxyl groups excluding tert-OH is 1. The topological polar surface area (TPSA) is 20.2 Å². The smallest absolute Gasteiger partial charge is 0.142 e. The zero-order chi connectivity index (χ0) is 11.6. The van der Waals surface area contributed by atoms with Crippen molar-refractivity contribution in [2.45, 2.75) is 20.3 Å². The van der Waals surface area contributed by atoms with Crippen LogP contribution in [-0.2, 0) is 6.42 Å². The largest absolute Gasteiger partial charge is 0.396 e. The molecule has 0 saturated carbocycles. The first kappa shape index (κ1) is 12.4.